The summed E-state index contributed by atoms with van der Waals surface area (Å²) in [5, 5.41) is 9.10. The van der Waals surface area contributed by atoms with Gasteiger partial charge in [0.2, 0.25) is 5.88 Å². The van der Waals surface area contributed by atoms with E-state index in [1.165, 1.54) is 0 Å². The van der Waals surface area contributed by atoms with E-state index in [0.29, 0.717) is 29.7 Å². The highest BCUT2D eigenvalue weighted by Gasteiger charge is 2.11. The van der Waals surface area contributed by atoms with Crippen molar-refractivity contribution in [1.29, 1.82) is 0 Å². The van der Waals surface area contributed by atoms with E-state index in [2.05, 4.69) is 15.4 Å². The maximum Gasteiger partial charge on any atom is 0.224 e. The van der Waals surface area contributed by atoms with Crippen LogP contribution in [0.4, 0.5) is 5.82 Å². The van der Waals surface area contributed by atoms with E-state index in [9.17, 15) is 0 Å². The molecule has 112 valence electrons. The van der Waals surface area contributed by atoms with Crippen LogP contribution in [0.25, 0.3) is 0 Å². The number of hydrazine groups is 1. The molecule has 6 heteroatoms. The van der Waals surface area contributed by atoms with Gasteiger partial charge in [-0.2, -0.15) is 4.98 Å². The van der Waals surface area contributed by atoms with Gasteiger partial charge in [0.25, 0.3) is 0 Å². The zero-order chi connectivity index (χ0) is 15.2. The molecule has 0 atom stereocenters. The molecule has 1 heterocycles. The van der Waals surface area contributed by atoms with E-state index in [1.54, 1.807) is 6.07 Å². The third-order valence-electron chi connectivity index (χ3n) is 2.95. The average molecular weight is 288 g/mol. The lowest BCUT2D eigenvalue weighted by Gasteiger charge is -2.12. The largest absolute Gasteiger partial charge is 0.439 e. The predicted octanol–water partition coefficient (Wildman–Crippen LogP) is 2.21. The van der Waals surface area contributed by atoms with Gasteiger partial charge in [0.15, 0.2) is 0 Å². The van der Waals surface area contributed by atoms with E-state index in [0.717, 1.165) is 5.56 Å². The van der Waals surface area contributed by atoms with Gasteiger partial charge in [0.1, 0.15) is 17.4 Å². The topological polar surface area (TPSA) is 93.3 Å². The van der Waals surface area contributed by atoms with Crippen molar-refractivity contribution in [2.45, 2.75) is 26.2 Å². The molecular weight excluding hydrogens is 268 g/mol. The second-order valence-corrected chi connectivity index (χ2v) is 4.93. The number of aliphatic hydroxyl groups excluding tert-OH is 1. The molecule has 0 saturated heterocycles. The third-order valence-corrected chi connectivity index (χ3v) is 2.95. The van der Waals surface area contributed by atoms with Crippen molar-refractivity contribution < 1.29 is 9.84 Å². The molecule has 0 amide bonds. The minimum absolute atomic E-state index is 0.0665. The summed E-state index contributed by atoms with van der Waals surface area (Å²) >= 11 is 0. The molecule has 2 aromatic rings. The molecule has 0 aliphatic carbocycles. The van der Waals surface area contributed by atoms with Gasteiger partial charge < -0.3 is 15.3 Å². The molecule has 0 spiro atoms. The molecule has 0 aliphatic heterocycles. The quantitative estimate of drug-likeness (QED) is 0.557. The number of hydrogen-bond acceptors (Lipinski definition) is 6. The number of rotatable bonds is 6. The van der Waals surface area contributed by atoms with E-state index in [4.69, 9.17) is 15.7 Å². The number of nitrogens with zero attached hydrogens (tertiary/aromatic N) is 2. The maximum absolute atomic E-state index is 9.10. The Balaban J connectivity index is 2.32. The Morgan fingerprint density at radius 2 is 2.05 bits per heavy atom. The second kappa shape index (κ2) is 7.01. The van der Waals surface area contributed by atoms with Gasteiger partial charge >= 0.3 is 0 Å². The molecule has 0 saturated carbocycles. The van der Waals surface area contributed by atoms with Crippen molar-refractivity contribution in [2.75, 3.05) is 12.0 Å². The third kappa shape index (κ3) is 3.90. The Morgan fingerprint density at radius 1 is 1.29 bits per heavy atom. The first-order valence-electron chi connectivity index (χ1n) is 6.86. The molecule has 0 radical (unpaired) electrons. The first-order valence-corrected chi connectivity index (χ1v) is 6.86. The van der Waals surface area contributed by atoms with Crippen LogP contribution in [0.1, 0.15) is 31.2 Å². The van der Waals surface area contributed by atoms with Crippen molar-refractivity contribution in [1.82, 2.24) is 9.97 Å². The lowest BCUT2D eigenvalue weighted by Crippen LogP contribution is -2.11. The van der Waals surface area contributed by atoms with Crippen LogP contribution < -0.4 is 16.0 Å². The molecule has 1 aromatic carbocycles. The SMILES string of the molecule is CC(C)c1nc(NN)cc(Oc2ccccc2CCO)n1. The Hall–Kier alpha value is -2.18. The monoisotopic (exact) mass is 288 g/mol. The molecule has 0 bridgehead atoms. The van der Waals surface area contributed by atoms with Gasteiger partial charge in [-0.05, 0) is 18.1 Å². The zero-order valence-electron chi connectivity index (χ0n) is 12.2. The number of ether oxygens (including phenoxy) is 1. The van der Waals surface area contributed by atoms with Gasteiger partial charge in [-0.15, -0.1) is 0 Å². The van der Waals surface area contributed by atoms with E-state index < -0.39 is 0 Å². The van der Waals surface area contributed by atoms with Crippen LogP contribution in [0.2, 0.25) is 0 Å². The number of nitrogens with two attached hydrogens (primary N) is 1. The van der Waals surface area contributed by atoms with Crippen molar-refractivity contribution in [2.24, 2.45) is 5.84 Å². The molecular formula is C15H20N4O2. The number of aliphatic hydroxyl groups is 1. The molecule has 0 aliphatic rings. The summed E-state index contributed by atoms with van der Waals surface area (Å²) in [4.78, 5) is 8.67. The lowest BCUT2D eigenvalue weighted by atomic mass is 10.1. The van der Waals surface area contributed by atoms with Crippen LogP contribution in [-0.4, -0.2) is 21.7 Å². The summed E-state index contributed by atoms with van der Waals surface area (Å²) in [6.07, 6.45) is 0.528. The summed E-state index contributed by atoms with van der Waals surface area (Å²) < 4.78 is 5.84. The highest BCUT2D eigenvalue weighted by atomic mass is 16.5. The number of nitrogen functional groups attached to an aromatic ring is 1. The van der Waals surface area contributed by atoms with Crippen molar-refractivity contribution in [3.05, 3.63) is 41.7 Å². The molecule has 21 heavy (non-hydrogen) atoms. The van der Waals surface area contributed by atoms with Crippen molar-refractivity contribution in [3.63, 3.8) is 0 Å². The van der Waals surface area contributed by atoms with Crippen LogP contribution in [0, 0.1) is 0 Å². The summed E-state index contributed by atoms with van der Waals surface area (Å²) in [6.45, 7) is 4.06. The standard InChI is InChI=1S/C15H20N4O2/c1-10(2)15-17-13(19-16)9-14(18-15)21-12-6-4-3-5-11(12)7-8-20/h3-6,9-10,20H,7-8,16H2,1-2H3,(H,17,18,19). The van der Waals surface area contributed by atoms with Crippen LogP contribution in [-0.2, 0) is 6.42 Å². The van der Waals surface area contributed by atoms with Crippen LogP contribution >= 0.6 is 0 Å². The number of aromatic nitrogens is 2. The average Bonchev–Trinajstić information content (AvgIpc) is 2.49. The lowest BCUT2D eigenvalue weighted by molar-refractivity contribution is 0.297. The van der Waals surface area contributed by atoms with Gasteiger partial charge in [-0.25, -0.2) is 10.8 Å². The smallest absolute Gasteiger partial charge is 0.224 e. The molecule has 0 fully saturated rings. The highest BCUT2D eigenvalue weighted by Crippen LogP contribution is 2.26. The minimum atomic E-state index is 0.0665. The Labute approximate surface area is 124 Å². The van der Waals surface area contributed by atoms with Crippen LogP contribution in [0.5, 0.6) is 11.6 Å². The first-order chi connectivity index (χ1) is 10.1. The molecule has 2 rings (SSSR count). The summed E-state index contributed by atoms with van der Waals surface area (Å²) in [7, 11) is 0. The van der Waals surface area contributed by atoms with Gasteiger partial charge in [-0.1, -0.05) is 32.0 Å². The van der Waals surface area contributed by atoms with Gasteiger partial charge in [0, 0.05) is 18.6 Å². The van der Waals surface area contributed by atoms with E-state index >= 15 is 0 Å². The Kier molecular flexibility index (Phi) is 5.08. The zero-order valence-corrected chi connectivity index (χ0v) is 12.2. The summed E-state index contributed by atoms with van der Waals surface area (Å²) in [5.74, 6) is 7.84. The fraction of sp³-hybridized carbons (Fsp3) is 0.333. The fourth-order valence-electron chi connectivity index (χ4n) is 1.87. The van der Waals surface area contributed by atoms with E-state index in [-0.39, 0.29) is 12.5 Å². The number of benzene rings is 1. The normalized spacial score (nSPS) is 10.7. The number of hydrogen-bond donors (Lipinski definition) is 3. The predicted molar refractivity (Wildman–Crippen MR) is 81.2 cm³/mol. The number of para-hydroxylation sites is 1. The molecule has 4 N–H and O–H groups in total. The second-order valence-electron chi connectivity index (χ2n) is 4.93. The molecule has 1 aromatic heterocycles. The molecule has 0 unspecified atom stereocenters. The van der Waals surface area contributed by atoms with Crippen LogP contribution in [0.15, 0.2) is 30.3 Å². The minimum Gasteiger partial charge on any atom is -0.439 e. The fourth-order valence-corrected chi connectivity index (χ4v) is 1.87. The Bertz CT molecular complexity index is 602. The van der Waals surface area contributed by atoms with Crippen LogP contribution in [0.3, 0.4) is 0 Å². The maximum atomic E-state index is 9.10. The highest BCUT2D eigenvalue weighted by molar-refractivity contribution is 5.41. The summed E-state index contributed by atoms with van der Waals surface area (Å²) in [5.41, 5.74) is 3.44. The van der Waals surface area contributed by atoms with Gasteiger partial charge in [0.05, 0.1) is 0 Å². The Morgan fingerprint density at radius 3 is 2.71 bits per heavy atom. The van der Waals surface area contributed by atoms with Gasteiger partial charge in [-0.3, -0.25) is 0 Å². The first kappa shape index (κ1) is 15.2. The summed E-state index contributed by atoms with van der Waals surface area (Å²) in [6, 6.07) is 9.19. The van der Waals surface area contributed by atoms with Crippen molar-refractivity contribution in [3.8, 4) is 11.6 Å². The van der Waals surface area contributed by atoms with Crippen molar-refractivity contribution >= 4 is 5.82 Å². The number of anilines is 1. The molecule has 6 nitrogen and oxygen atoms in total. The van der Waals surface area contributed by atoms with E-state index in [1.807, 2.05) is 38.1 Å². The number of nitrogens with one attached hydrogen (secondary N) is 1.